The molecular formula is C17H29NO3. The molecule has 1 heterocycles. The topological polar surface area (TPSA) is 57.6 Å². The first-order valence-corrected chi connectivity index (χ1v) is 8.47. The highest BCUT2D eigenvalue weighted by atomic mass is 16.4. The Hall–Kier alpha value is -1.06. The third-order valence-corrected chi connectivity index (χ3v) is 5.11. The number of hydrogen-bond donors (Lipinski definition) is 1. The highest BCUT2D eigenvalue weighted by Gasteiger charge is 2.45. The van der Waals surface area contributed by atoms with Gasteiger partial charge in [0.15, 0.2) is 0 Å². The van der Waals surface area contributed by atoms with Crippen LogP contribution in [0.4, 0.5) is 0 Å². The minimum atomic E-state index is -0.788. The van der Waals surface area contributed by atoms with Crippen molar-refractivity contribution in [1.29, 1.82) is 0 Å². The molecule has 1 unspecified atom stereocenters. The molecule has 120 valence electrons. The van der Waals surface area contributed by atoms with Gasteiger partial charge >= 0.3 is 5.97 Å². The van der Waals surface area contributed by atoms with Crippen LogP contribution in [0.3, 0.4) is 0 Å². The first kappa shape index (κ1) is 16.3. The van der Waals surface area contributed by atoms with E-state index < -0.39 is 5.97 Å². The summed E-state index contributed by atoms with van der Waals surface area (Å²) in [6.07, 6.45) is 8.19. The zero-order valence-electron chi connectivity index (χ0n) is 13.4. The minimum absolute atomic E-state index is 0.0895. The minimum Gasteiger partial charge on any atom is -0.481 e. The Morgan fingerprint density at radius 2 is 1.86 bits per heavy atom. The van der Waals surface area contributed by atoms with E-state index in [0.717, 1.165) is 57.9 Å². The second kappa shape index (κ2) is 6.80. The Balaban J connectivity index is 2.15. The van der Waals surface area contributed by atoms with Gasteiger partial charge in [0, 0.05) is 18.0 Å². The Kier molecular flexibility index (Phi) is 5.28. The van der Waals surface area contributed by atoms with Crippen LogP contribution in [0.5, 0.6) is 0 Å². The maximum atomic E-state index is 13.2. The first-order valence-electron chi connectivity index (χ1n) is 8.47. The summed E-state index contributed by atoms with van der Waals surface area (Å²) in [6, 6.07) is -0.0895. The van der Waals surface area contributed by atoms with Crippen molar-refractivity contribution in [2.45, 2.75) is 77.7 Å². The number of likely N-dealkylation sites (tertiary alicyclic amines) is 1. The number of carboxylic acid groups (broad SMARTS) is 1. The van der Waals surface area contributed by atoms with Crippen molar-refractivity contribution in [1.82, 2.24) is 4.90 Å². The predicted molar refractivity (Wildman–Crippen MR) is 82.0 cm³/mol. The largest absolute Gasteiger partial charge is 0.481 e. The summed E-state index contributed by atoms with van der Waals surface area (Å²) in [5.74, 6) is -0.0292. The van der Waals surface area contributed by atoms with Gasteiger partial charge in [-0.2, -0.15) is 0 Å². The van der Waals surface area contributed by atoms with Crippen molar-refractivity contribution in [2.24, 2.45) is 11.3 Å². The number of amides is 1. The van der Waals surface area contributed by atoms with E-state index in [-0.39, 0.29) is 23.8 Å². The SMILES string of the molecule is CC(C)CC1(C(=O)N2CCCCC2CC(=O)O)CCCC1. The summed E-state index contributed by atoms with van der Waals surface area (Å²) < 4.78 is 0. The summed E-state index contributed by atoms with van der Waals surface area (Å²) in [5, 5.41) is 9.10. The van der Waals surface area contributed by atoms with Gasteiger partial charge in [0.05, 0.1) is 6.42 Å². The van der Waals surface area contributed by atoms with Gasteiger partial charge in [-0.1, -0.05) is 26.7 Å². The summed E-state index contributed by atoms with van der Waals surface area (Å²) >= 11 is 0. The van der Waals surface area contributed by atoms with E-state index in [1.165, 1.54) is 0 Å². The maximum absolute atomic E-state index is 13.2. The van der Waals surface area contributed by atoms with Crippen LogP contribution in [-0.4, -0.2) is 34.5 Å². The van der Waals surface area contributed by atoms with Crippen molar-refractivity contribution < 1.29 is 14.7 Å². The average molecular weight is 295 g/mol. The zero-order valence-corrected chi connectivity index (χ0v) is 13.4. The third kappa shape index (κ3) is 3.78. The summed E-state index contributed by atoms with van der Waals surface area (Å²) in [7, 11) is 0. The standard InChI is InChI=1S/C17H29NO3/c1-13(2)12-17(8-4-5-9-17)16(21)18-10-6-3-7-14(18)11-15(19)20/h13-14H,3-12H2,1-2H3,(H,19,20). The monoisotopic (exact) mass is 295 g/mol. The van der Waals surface area contributed by atoms with Gasteiger partial charge in [0.25, 0.3) is 0 Å². The number of nitrogens with zero attached hydrogens (tertiary/aromatic N) is 1. The number of rotatable bonds is 5. The molecule has 1 atom stereocenters. The lowest BCUT2D eigenvalue weighted by Crippen LogP contribution is -2.51. The predicted octanol–water partition coefficient (Wildman–Crippen LogP) is 3.45. The molecule has 1 aliphatic heterocycles. The van der Waals surface area contributed by atoms with E-state index in [0.29, 0.717) is 5.92 Å². The average Bonchev–Trinajstić information content (AvgIpc) is 2.87. The van der Waals surface area contributed by atoms with Crippen LogP contribution in [0, 0.1) is 11.3 Å². The molecule has 4 nitrogen and oxygen atoms in total. The van der Waals surface area contributed by atoms with Crippen LogP contribution >= 0.6 is 0 Å². The third-order valence-electron chi connectivity index (χ3n) is 5.11. The highest BCUT2D eigenvalue weighted by Crippen LogP contribution is 2.45. The van der Waals surface area contributed by atoms with E-state index >= 15 is 0 Å². The number of carboxylic acids is 1. The van der Waals surface area contributed by atoms with Crippen molar-refractivity contribution in [3.05, 3.63) is 0 Å². The molecule has 4 heteroatoms. The zero-order chi connectivity index (χ0) is 15.5. The number of carbonyl (C=O) groups excluding carboxylic acids is 1. The normalized spacial score (nSPS) is 25.3. The van der Waals surface area contributed by atoms with Crippen LogP contribution in [-0.2, 0) is 9.59 Å². The molecule has 2 fully saturated rings. The fraction of sp³-hybridized carbons (Fsp3) is 0.882. The molecule has 2 rings (SSSR count). The van der Waals surface area contributed by atoms with E-state index in [9.17, 15) is 9.59 Å². The molecule has 0 aromatic carbocycles. The second-order valence-corrected chi connectivity index (χ2v) is 7.33. The fourth-order valence-corrected chi connectivity index (χ4v) is 4.32. The van der Waals surface area contributed by atoms with E-state index in [1.54, 1.807) is 0 Å². The molecule has 1 aliphatic carbocycles. The Bertz CT molecular complexity index is 385. The number of piperidine rings is 1. The van der Waals surface area contributed by atoms with E-state index in [2.05, 4.69) is 13.8 Å². The molecule has 1 saturated carbocycles. The Morgan fingerprint density at radius 3 is 2.43 bits per heavy atom. The summed E-state index contributed by atoms with van der Waals surface area (Å²) in [6.45, 7) is 5.10. The fourth-order valence-electron chi connectivity index (χ4n) is 4.32. The van der Waals surface area contributed by atoms with Gasteiger partial charge in [0.2, 0.25) is 5.91 Å². The lowest BCUT2D eigenvalue weighted by molar-refractivity contribution is -0.149. The molecule has 21 heavy (non-hydrogen) atoms. The van der Waals surface area contributed by atoms with E-state index in [4.69, 9.17) is 5.11 Å². The molecule has 1 saturated heterocycles. The maximum Gasteiger partial charge on any atom is 0.305 e. The lowest BCUT2D eigenvalue weighted by Gasteiger charge is -2.41. The highest BCUT2D eigenvalue weighted by molar-refractivity contribution is 5.84. The van der Waals surface area contributed by atoms with Crippen LogP contribution < -0.4 is 0 Å². The molecule has 2 aliphatic rings. The number of carbonyl (C=O) groups is 2. The van der Waals surface area contributed by atoms with Gasteiger partial charge in [-0.3, -0.25) is 9.59 Å². The quantitative estimate of drug-likeness (QED) is 0.845. The molecule has 0 bridgehead atoms. The van der Waals surface area contributed by atoms with Crippen molar-refractivity contribution in [3.8, 4) is 0 Å². The van der Waals surface area contributed by atoms with Crippen LogP contribution in [0.15, 0.2) is 0 Å². The summed E-state index contributed by atoms with van der Waals surface area (Å²) in [5.41, 5.74) is -0.206. The number of aliphatic carboxylic acids is 1. The molecule has 1 N–H and O–H groups in total. The smallest absolute Gasteiger partial charge is 0.305 e. The van der Waals surface area contributed by atoms with Crippen molar-refractivity contribution >= 4 is 11.9 Å². The Morgan fingerprint density at radius 1 is 1.19 bits per heavy atom. The lowest BCUT2D eigenvalue weighted by atomic mass is 9.76. The van der Waals surface area contributed by atoms with E-state index in [1.807, 2.05) is 4.90 Å². The molecule has 0 radical (unpaired) electrons. The van der Waals surface area contributed by atoms with Crippen LogP contribution in [0.1, 0.15) is 71.6 Å². The summed E-state index contributed by atoms with van der Waals surface area (Å²) in [4.78, 5) is 26.2. The molecule has 0 aromatic rings. The van der Waals surface area contributed by atoms with Crippen LogP contribution in [0.2, 0.25) is 0 Å². The van der Waals surface area contributed by atoms with Gasteiger partial charge in [0.1, 0.15) is 0 Å². The molecule has 1 amide bonds. The molecule has 0 aromatic heterocycles. The number of hydrogen-bond acceptors (Lipinski definition) is 2. The second-order valence-electron chi connectivity index (χ2n) is 7.33. The van der Waals surface area contributed by atoms with Crippen LogP contribution in [0.25, 0.3) is 0 Å². The molecular weight excluding hydrogens is 266 g/mol. The van der Waals surface area contributed by atoms with Gasteiger partial charge in [-0.15, -0.1) is 0 Å². The van der Waals surface area contributed by atoms with Crippen molar-refractivity contribution in [3.63, 3.8) is 0 Å². The van der Waals surface area contributed by atoms with Crippen molar-refractivity contribution in [2.75, 3.05) is 6.54 Å². The Labute approximate surface area is 127 Å². The van der Waals surface area contributed by atoms with Gasteiger partial charge in [-0.25, -0.2) is 0 Å². The van der Waals surface area contributed by atoms with Gasteiger partial charge in [-0.05, 0) is 44.4 Å². The van der Waals surface area contributed by atoms with Gasteiger partial charge < -0.3 is 10.0 Å². The first-order chi connectivity index (χ1) is 9.94. The molecule has 0 spiro atoms.